The van der Waals surface area contributed by atoms with Crippen LogP contribution in [0.25, 0.3) is 22.0 Å². The maximum absolute atomic E-state index is 13.7. The second-order valence-electron chi connectivity index (χ2n) is 8.15. The molecule has 0 aliphatic carbocycles. The number of hydrogen-bond donors (Lipinski definition) is 0. The molecule has 4 rings (SSSR count). The van der Waals surface area contributed by atoms with Crippen LogP contribution in [0, 0.1) is 19.7 Å². The predicted octanol–water partition coefficient (Wildman–Crippen LogP) is 4.63. The number of pyridine rings is 2. The summed E-state index contributed by atoms with van der Waals surface area (Å²) in [4.78, 5) is 32.5. The molecule has 0 spiro atoms. The summed E-state index contributed by atoms with van der Waals surface area (Å²) in [5, 5.41) is 0.561. The van der Waals surface area contributed by atoms with Crippen LogP contribution < -0.4 is 5.56 Å². The normalized spacial score (nSPS) is 11.0. The SMILES string of the molecule is Cc1cc(C)cc(CN(C)C(=O)c2c(-c3ccc(F)cc3)c3cccnc3c(=O)n2C)c1. The lowest BCUT2D eigenvalue weighted by Crippen LogP contribution is -2.33. The Morgan fingerprint density at radius 3 is 2.38 bits per heavy atom. The summed E-state index contributed by atoms with van der Waals surface area (Å²) in [6.07, 6.45) is 1.55. The molecule has 4 aromatic rings. The summed E-state index contributed by atoms with van der Waals surface area (Å²) < 4.78 is 15.0. The average Bonchev–Trinajstić information content (AvgIpc) is 2.75. The van der Waals surface area contributed by atoms with Crippen molar-refractivity contribution >= 4 is 16.8 Å². The van der Waals surface area contributed by atoms with Crippen molar-refractivity contribution in [1.82, 2.24) is 14.5 Å². The van der Waals surface area contributed by atoms with E-state index in [2.05, 4.69) is 11.1 Å². The van der Waals surface area contributed by atoms with Crippen molar-refractivity contribution in [2.75, 3.05) is 7.05 Å². The topological polar surface area (TPSA) is 55.2 Å². The maximum atomic E-state index is 13.7. The fourth-order valence-electron chi connectivity index (χ4n) is 4.18. The first-order valence-corrected chi connectivity index (χ1v) is 10.3. The lowest BCUT2D eigenvalue weighted by molar-refractivity contribution is 0.0775. The number of amides is 1. The molecule has 32 heavy (non-hydrogen) atoms. The minimum Gasteiger partial charge on any atom is -0.336 e. The van der Waals surface area contributed by atoms with Gasteiger partial charge in [-0.2, -0.15) is 0 Å². The zero-order valence-corrected chi connectivity index (χ0v) is 18.5. The summed E-state index contributed by atoms with van der Waals surface area (Å²) in [5.41, 5.74) is 4.62. The lowest BCUT2D eigenvalue weighted by Gasteiger charge is -2.22. The second-order valence-corrected chi connectivity index (χ2v) is 8.15. The van der Waals surface area contributed by atoms with Crippen molar-refractivity contribution in [1.29, 1.82) is 0 Å². The van der Waals surface area contributed by atoms with Crippen LogP contribution in [-0.4, -0.2) is 27.4 Å². The molecule has 0 radical (unpaired) electrons. The Hall–Kier alpha value is -3.80. The maximum Gasteiger partial charge on any atom is 0.277 e. The van der Waals surface area contributed by atoms with Crippen molar-refractivity contribution in [3.63, 3.8) is 0 Å². The number of fused-ring (bicyclic) bond motifs is 1. The van der Waals surface area contributed by atoms with Crippen LogP contribution in [0.5, 0.6) is 0 Å². The summed E-state index contributed by atoms with van der Waals surface area (Å²) in [6.45, 7) is 4.43. The molecule has 2 aromatic heterocycles. The first kappa shape index (κ1) is 21.4. The van der Waals surface area contributed by atoms with Crippen LogP contribution in [0.1, 0.15) is 27.2 Å². The third kappa shape index (κ3) is 3.91. The number of carbonyl (C=O) groups excluding carboxylic acids is 1. The van der Waals surface area contributed by atoms with E-state index in [-0.39, 0.29) is 28.5 Å². The molecule has 2 heterocycles. The van der Waals surface area contributed by atoms with Gasteiger partial charge in [0.1, 0.15) is 17.0 Å². The van der Waals surface area contributed by atoms with Gasteiger partial charge in [-0.3, -0.25) is 14.6 Å². The number of aryl methyl sites for hydroxylation is 2. The number of rotatable bonds is 4. The molecule has 0 saturated carbocycles. The molecule has 0 aliphatic heterocycles. The van der Waals surface area contributed by atoms with Gasteiger partial charge >= 0.3 is 0 Å². The third-order valence-electron chi connectivity index (χ3n) is 5.54. The Morgan fingerprint density at radius 2 is 1.72 bits per heavy atom. The fourth-order valence-corrected chi connectivity index (χ4v) is 4.18. The Balaban J connectivity index is 1.90. The van der Waals surface area contributed by atoms with Gasteiger partial charge in [0.15, 0.2) is 0 Å². The van der Waals surface area contributed by atoms with Gasteiger partial charge in [0.05, 0.1) is 0 Å². The Kier molecular flexibility index (Phi) is 5.61. The zero-order chi connectivity index (χ0) is 23.0. The number of aromatic nitrogens is 2. The van der Waals surface area contributed by atoms with Gasteiger partial charge in [-0.1, -0.05) is 47.5 Å². The highest BCUT2D eigenvalue weighted by atomic mass is 19.1. The zero-order valence-electron chi connectivity index (χ0n) is 18.5. The largest absolute Gasteiger partial charge is 0.336 e. The molecule has 0 aliphatic rings. The molecule has 0 N–H and O–H groups in total. The van der Waals surface area contributed by atoms with Gasteiger partial charge in [0.25, 0.3) is 11.5 Å². The predicted molar refractivity (Wildman–Crippen MR) is 124 cm³/mol. The molecular weight excluding hydrogens is 405 g/mol. The van der Waals surface area contributed by atoms with Gasteiger partial charge in [-0.05, 0) is 43.2 Å². The smallest absolute Gasteiger partial charge is 0.277 e. The molecule has 0 saturated heterocycles. The van der Waals surface area contributed by atoms with Gasteiger partial charge in [0, 0.05) is 37.8 Å². The summed E-state index contributed by atoms with van der Waals surface area (Å²) in [7, 11) is 3.29. The van der Waals surface area contributed by atoms with E-state index >= 15 is 0 Å². The minimum absolute atomic E-state index is 0.244. The van der Waals surface area contributed by atoms with Gasteiger partial charge < -0.3 is 9.47 Å². The first-order valence-electron chi connectivity index (χ1n) is 10.3. The third-order valence-corrected chi connectivity index (χ3v) is 5.54. The van der Waals surface area contributed by atoms with E-state index in [1.54, 1.807) is 49.5 Å². The monoisotopic (exact) mass is 429 g/mol. The molecule has 0 atom stereocenters. The van der Waals surface area contributed by atoms with E-state index in [9.17, 15) is 14.0 Å². The van der Waals surface area contributed by atoms with E-state index in [0.29, 0.717) is 23.1 Å². The standard InChI is InChI=1S/C26H24FN3O2/c1-16-12-17(2)14-18(13-16)15-29(3)26(32)24-22(19-7-9-20(27)10-8-19)21-6-5-11-28-23(21)25(31)30(24)4/h5-14H,15H2,1-4H3. The Bertz CT molecular complexity index is 1370. The van der Waals surface area contributed by atoms with E-state index < -0.39 is 0 Å². The number of hydrogen-bond acceptors (Lipinski definition) is 3. The number of carbonyl (C=O) groups is 1. The van der Waals surface area contributed by atoms with Crippen LogP contribution in [0.15, 0.2) is 65.6 Å². The minimum atomic E-state index is -0.374. The van der Waals surface area contributed by atoms with Crippen molar-refractivity contribution in [3.8, 4) is 11.1 Å². The Morgan fingerprint density at radius 1 is 1.06 bits per heavy atom. The molecule has 0 bridgehead atoms. The number of nitrogens with zero attached hydrogens (tertiary/aromatic N) is 3. The summed E-state index contributed by atoms with van der Waals surface area (Å²) in [5.74, 6) is -0.672. The van der Waals surface area contributed by atoms with Crippen LogP contribution >= 0.6 is 0 Å². The van der Waals surface area contributed by atoms with E-state index in [0.717, 1.165) is 16.7 Å². The quantitative estimate of drug-likeness (QED) is 0.475. The highest BCUT2D eigenvalue weighted by Gasteiger charge is 2.25. The number of benzene rings is 2. The van der Waals surface area contributed by atoms with Crippen LogP contribution in [0.4, 0.5) is 4.39 Å². The van der Waals surface area contributed by atoms with Crippen molar-refractivity contribution in [3.05, 3.63) is 99.3 Å². The van der Waals surface area contributed by atoms with Crippen molar-refractivity contribution < 1.29 is 9.18 Å². The summed E-state index contributed by atoms with van der Waals surface area (Å²) >= 11 is 0. The van der Waals surface area contributed by atoms with Crippen molar-refractivity contribution in [2.45, 2.75) is 20.4 Å². The van der Waals surface area contributed by atoms with Crippen LogP contribution in [-0.2, 0) is 13.6 Å². The molecule has 2 aromatic carbocycles. The van der Waals surface area contributed by atoms with E-state index in [4.69, 9.17) is 0 Å². The second kappa shape index (κ2) is 8.38. The van der Waals surface area contributed by atoms with Gasteiger partial charge in [-0.25, -0.2) is 4.39 Å². The van der Waals surface area contributed by atoms with Gasteiger partial charge in [-0.15, -0.1) is 0 Å². The first-order chi connectivity index (χ1) is 15.3. The molecule has 162 valence electrons. The molecular formula is C26H24FN3O2. The Labute approximate surface area is 185 Å². The lowest BCUT2D eigenvalue weighted by atomic mass is 9.97. The van der Waals surface area contributed by atoms with E-state index in [1.807, 2.05) is 26.0 Å². The van der Waals surface area contributed by atoms with Crippen LogP contribution in [0.3, 0.4) is 0 Å². The molecule has 5 nitrogen and oxygen atoms in total. The summed E-state index contributed by atoms with van der Waals surface area (Å²) in [6, 6.07) is 15.6. The fraction of sp³-hybridized carbons (Fsp3) is 0.192. The van der Waals surface area contributed by atoms with Crippen LogP contribution in [0.2, 0.25) is 0 Å². The highest BCUT2D eigenvalue weighted by molar-refractivity contribution is 6.07. The molecule has 0 fully saturated rings. The molecule has 6 heteroatoms. The molecule has 1 amide bonds. The highest BCUT2D eigenvalue weighted by Crippen LogP contribution is 2.31. The van der Waals surface area contributed by atoms with Crippen molar-refractivity contribution in [2.24, 2.45) is 7.05 Å². The van der Waals surface area contributed by atoms with E-state index in [1.165, 1.54) is 16.7 Å². The van der Waals surface area contributed by atoms with Gasteiger partial charge in [0.2, 0.25) is 0 Å². The number of halogens is 1. The molecule has 0 unspecified atom stereocenters. The average molecular weight is 429 g/mol.